The zero-order valence-corrected chi connectivity index (χ0v) is 84.1. The van der Waals surface area contributed by atoms with Gasteiger partial charge in [-0.25, -0.2) is 0 Å². The zero-order chi connectivity index (χ0) is 97.7. The van der Waals surface area contributed by atoms with Crippen LogP contribution < -0.4 is 18.9 Å². The van der Waals surface area contributed by atoms with Crippen LogP contribution >= 0.6 is 92.8 Å². The number of aromatic amines is 4. The minimum atomic E-state index is -0.354. The van der Waals surface area contributed by atoms with Crippen molar-refractivity contribution in [2.24, 2.45) is 11.8 Å². The van der Waals surface area contributed by atoms with Gasteiger partial charge in [-0.3, -0.25) is 55.0 Å². The standard InChI is InChI=1S/C28H29Cl2N5O.C26H26Cl2N6O.2C25H24Cl2N6O2/c1-18(28-24(29)16-31-17-25(28)30)36-22-12-14-27-23(15-22)26(34-35-27)13-11-21-10-9-20(32-33-21)8-7-19-5-3-2-4-6-19;1-16-9-10-34(14-16)15-19-4-3-18(30-31-19)5-7-24-21-11-20(6-8-25(21)33-32-24)35-17(2)26-22(27)12-29-13-23(26)28;2*1-16(25-21(26)13-28-14-22(25)27)35-19-5-7-24-20(12-19)23(31-32-24)6-4-17-2-3-18(30-29-17)15-33-8-10-34-11-9-33/h9-19H,2-8H2,1H3,(H,34,35);3-8,11-13,16-17H,9-10,14-15H2,1-2H3,(H,32,33);2*2-7,12-14,16H,8-11,15H2,1H3,(H,31,32)/b13-11+;7-5+;2*6-4+/t18-;16?,17-;16-;/m111./s1. The molecule has 1 aliphatic carbocycles. The minimum Gasteiger partial charge on any atom is -0.486 e. The SMILES string of the molecule is CC(Oc1ccc2[nH]nc(/C=C/c3ccc(CN4CCOCC4)nn3)c2c1)c1c(Cl)cncc1Cl.CC1CCN(Cc2ccc(/C=C/c3n[nH]c4ccc(O[C@H](C)c5c(Cl)cncc5Cl)cc34)nn2)C1.C[C@@H](Oc1ccc2[nH]nc(/C=C/c3ccc(CCC4CCCCC4)nn3)c2c1)c1c(Cl)cncc1Cl.C[C@@H](Oc1ccc2[nH]nc(/C=C/c3ccc(CN4CCOCC4)nn3)c2c1)c1c(Cl)cncc1Cl. The fourth-order valence-electron chi connectivity index (χ4n) is 17.2. The number of likely N-dealkylation sites (tertiary alicyclic amines) is 1. The molecule has 0 radical (unpaired) electrons. The summed E-state index contributed by atoms with van der Waals surface area (Å²) in [6.07, 6.45) is 36.8. The zero-order valence-electron chi connectivity index (χ0n) is 78.1. The van der Waals surface area contributed by atoms with E-state index in [1.54, 1.807) is 49.6 Å². The molecule has 1 saturated carbocycles. The Hall–Kier alpha value is -12.0. The molecular formula is C104H103Cl8N23O6. The van der Waals surface area contributed by atoms with E-state index in [1.165, 1.54) is 44.9 Å². The van der Waals surface area contributed by atoms with Gasteiger partial charge in [0.05, 0.1) is 157 Å². The van der Waals surface area contributed by atoms with E-state index in [-0.39, 0.29) is 24.4 Å². The van der Waals surface area contributed by atoms with Crippen molar-refractivity contribution in [1.82, 2.24) is 116 Å². The Morgan fingerprint density at radius 2 is 0.617 bits per heavy atom. The number of fused-ring (bicyclic) bond motifs is 4. The number of aromatic nitrogens is 20. The lowest BCUT2D eigenvalue weighted by molar-refractivity contribution is 0.0334. The maximum absolute atomic E-state index is 6.29. The van der Waals surface area contributed by atoms with Gasteiger partial charge in [0.2, 0.25) is 0 Å². The molecule has 0 bridgehead atoms. The summed E-state index contributed by atoms with van der Waals surface area (Å²) in [4.78, 5) is 23.1. The van der Waals surface area contributed by atoms with Gasteiger partial charge in [-0.05, 0) is 235 Å². The van der Waals surface area contributed by atoms with Gasteiger partial charge in [0.1, 0.15) is 47.4 Å². The van der Waals surface area contributed by atoms with Crippen molar-refractivity contribution >= 4 is 185 Å². The molecule has 0 spiro atoms. The number of benzene rings is 4. The first-order chi connectivity index (χ1) is 68.6. The lowest BCUT2D eigenvalue weighted by Crippen LogP contribution is -2.35. The van der Waals surface area contributed by atoms with Gasteiger partial charge in [-0.15, -0.1) is 0 Å². The molecule has 5 atom stereocenters. The largest absolute Gasteiger partial charge is 0.486 e. The number of pyridine rings is 4. The first-order valence-electron chi connectivity index (χ1n) is 46.8. The Kier molecular flexibility index (Phi) is 34.7. The van der Waals surface area contributed by atoms with Crippen LogP contribution in [0.4, 0.5) is 0 Å². The number of hydrogen-bond acceptors (Lipinski definition) is 25. The van der Waals surface area contributed by atoms with Crippen molar-refractivity contribution in [2.75, 3.05) is 65.7 Å². The van der Waals surface area contributed by atoms with Crippen LogP contribution in [0.2, 0.25) is 40.2 Å². The van der Waals surface area contributed by atoms with E-state index in [0.717, 1.165) is 216 Å². The molecule has 29 nitrogen and oxygen atoms in total. The molecule has 15 heterocycles. The molecule has 16 aromatic rings. The van der Waals surface area contributed by atoms with Crippen LogP contribution in [0.3, 0.4) is 0 Å². The molecule has 726 valence electrons. The number of morpholine rings is 2. The van der Waals surface area contributed by atoms with Crippen molar-refractivity contribution in [3.8, 4) is 23.0 Å². The van der Waals surface area contributed by atoms with E-state index >= 15 is 0 Å². The third-order valence-electron chi connectivity index (χ3n) is 24.7. The molecule has 0 amide bonds. The highest BCUT2D eigenvalue weighted by atomic mass is 35.5. The summed E-state index contributed by atoms with van der Waals surface area (Å²) in [5.74, 6) is 4.34. The van der Waals surface area contributed by atoms with E-state index in [2.05, 4.69) is 129 Å². The molecule has 20 rings (SSSR count). The van der Waals surface area contributed by atoms with E-state index in [9.17, 15) is 0 Å². The topological polar surface area (TPSA) is 334 Å². The summed E-state index contributed by atoms with van der Waals surface area (Å²) in [6.45, 7) is 21.3. The normalized spacial score (nSPS) is 16.0. The third-order valence-corrected chi connectivity index (χ3v) is 27.1. The maximum atomic E-state index is 6.29. The summed E-state index contributed by atoms with van der Waals surface area (Å²) < 4.78 is 35.4. The molecule has 2 unspecified atom stereocenters. The highest BCUT2D eigenvalue weighted by Crippen LogP contribution is 2.40. The molecule has 37 heteroatoms. The Morgan fingerprint density at radius 1 is 0.333 bits per heavy atom. The highest BCUT2D eigenvalue weighted by Gasteiger charge is 2.26. The Bertz CT molecular complexity index is 6480. The average Bonchev–Trinajstić information content (AvgIpc) is 1.69. The number of nitrogens with one attached hydrogen (secondary N) is 4. The van der Waals surface area contributed by atoms with Gasteiger partial charge in [-0.2, -0.15) is 61.2 Å². The lowest BCUT2D eigenvalue weighted by atomic mass is 9.86. The second-order valence-electron chi connectivity index (χ2n) is 35.0. The predicted octanol–water partition coefficient (Wildman–Crippen LogP) is 24.5. The first-order valence-corrected chi connectivity index (χ1v) is 49.8. The van der Waals surface area contributed by atoms with Crippen LogP contribution in [0.1, 0.15) is 195 Å². The van der Waals surface area contributed by atoms with E-state index in [4.69, 9.17) is 121 Å². The molecule has 4 N–H and O–H groups in total. The molecule has 4 fully saturated rings. The van der Waals surface area contributed by atoms with Crippen molar-refractivity contribution in [3.05, 3.63) is 302 Å². The van der Waals surface area contributed by atoms with Crippen molar-refractivity contribution < 1.29 is 28.4 Å². The third kappa shape index (κ3) is 27.0. The maximum Gasteiger partial charge on any atom is 0.124 e. The number of ether oxygens (including phenoxy) is 6. The van der Waals surface area contributed by atoms with Crippen molar-refractivity contribution in [3.63, 3.8) is 0 Å². The van der Waals surface area contributed by atoms with Crippen LogP contribution in [0.5, 0.6) is 23.0 Å². The number of halogens is 8. The predicted molar refractivity (Wildman–Crippen MR) is 558 cm³/mol. The molecule has 12 aromatic heterocycles. The molecular weight excluding hydrogens is 1950 g/mol. The Balaban J connectivity index is 0.000000130. The van der Waals surface area contributed by atoms with Crippen LogP contribution in [-0.4, -0.2) is 182 Å². The van der Waals surface area contributed by atoms with Crippen LogP contribution in [0.25, 0.3) is 92.2 Å². The van der Waals surface area contributed by atoms with Gasteiger partial charge in [0.25, 0.3) is 0 Å². The van der Waals surface area contributed by atoms with Crippen molar-refractivity contribution in [1.29, 1.82) is 0 Å². The Labute approximate surface area is 855 Å². The number of rotatable bonds is 29. The Morgan fingerprint density at radius 3 is 0.887 bits per heavy atom. The second kappa shape index (κ2) is 48.6. The summed E-state index contributed by atoms with van der Waals surface area (Å²) in [5.41, 5.74) is 16.6. The lowest BCUT2D eigenvalue weighted by Gasteiger charge is -2.25. The van der Waals surface area contributed by atoms with Gasteiger partial charge in [0, 0.05) is 146 Å². The number of hydrogen-bond donors (Lipinski definition) is 4. The van der Waals surface area contributed by atoms with Crippen LogP contribution in [0.15, 0.2) is 171 Å². The second-order valence-corrected chi connectivity index (χ2v) is 38.2. The van der Waals surface area contributed by atoms with E-state index in [0.29, 0.717) is 85.4 Å². The van der Waals surface area contributed by atoms with Crippen LogP contribution in [-0.2, 0) is 35.5 Å². The fourth-order valence-corrected chi connectivity index (χ4v) is 19.9. The van der Waals surface area contributed by atoms with Gasteiger partial charge < -0.3 is 28.4 Å². The van der Waals surface area contributed by atoms with Crippen LogP contribution in [0, 0.1) is 11.8 Å². The summed E-state index contributed by atoms with van der Waals surface area (Å²) >= 11 is 50.3. The summed E-state index contributed by atoms with van der Waals surface area (Å²) in [6, 6.07) is 39.1. The van der Waals surface area contributed by atoms with E-state index < -0.39 is 0 Å². The molecule has 4 aliphatic rings. The first kappa shape index (κ1) is 100. The number of H-pyrrole nitrogens is 4. The molecule has 3 aliphatic heterocycles. The fraction of sp³-hybridized carbons (Fsp3) is 0.308. The van der Waals surface area contributed by atoms with E-state index in [1.807, 2.05) is 192 Å². The summed E-state index contributed by atoms with van der Waals surface area (Å²) in [7, 11) is 0. The minimum absolute atomic E-state index is 0.344. The molecule has 3 saturated heterocycles. The van der Waals surface area contributed by atoms with Gasteiger partial charge >= 0.3 is 0 Å². The molecule has 141 heavy (non-hydrogen) atoms. The average molecular weight is 2050 g/mol. The monoisotopic (exact) mass is 2050 g/mol. The highest BCUT2D eigenvalue weighted by molar-refractivity contribution is 6.37. The summed E-state index contributed by atoms with van der Waals surface area (Å²) in [5, 5.41) is 72.5. The van der Waals surface area contributed by atoms with Gasteiger partial charge in [-0.1, -0.05) is 132 Å². The quantitative estimate of drug-likeness (QED) is 0.0338. The van der Waals surface area contributed by atoms with Gasteiger partial charge in [0.15, 0.2) is 0 Å². The molecule has 4 aromatic carbocycles. The van der Waals surface area contributed by atoms with Crippen molar-refractivity contribution in [2.45, 2.75) is 130 Å². The number of nitrogens with zero attached hydrogens (tertiary/aromatic N) is 19. The number of aryl methyl sites for hydroxylation is 1. The smallest absolute Gasteiger partial charge is 0.124 e.